The fraction of sp³-hybridized carbons (Fsp3) is 0.583. The number of hydrogen-bond acceptors (Lipinski definition) is 4. The second kappa shape index (κ2) is 6.11. The number of amides is 1. The van der Waals surface area contributed by atoms with Crippen molar-refractivity contribution in [2.45, 2.75) is 18.8 Å². The fourth-order valence-corrected chi connectivity index (χ4v) is 5.51. The SMILES string of the molecule is CCn1cc(Br)cc1C(=O)N1CCSCC1S(C)(=O)=O. The molecular formula is C12H17BrN2O3S2. The third kappa shape index (κ3) is 3.23. The zero-order valence-corrected chi connectivity index (χ0v) is 14.6. The molecule has 1 fully saturated rings. The van der Waals surface area contributed by atoms with Crippen molar-refractivity contribution >= 4 is 43.4 Å². The van der Waals surface area contributed by atoms with Crippen molar-refractivity contribution in [3.8, 4) is 0 Å². The molecule has 1 atom stereocenters. The van der Waals surface area contributed by atoms with Gasteiger partial charge < -0.3 is 9.47 Å². The Morgan fingerprint density at radius 1 is 1.55 bits per heavy atom. The van der Waals surface area contributed by atoms with Crippen molar-refractivity contribution in [1.29, 1.82) is 0 Å². The van der Waals surface area contributed by atoms with Gasteiger partial charge in [-0.15, -0.1) is 0 Å². The van der Waals surface area contributed by atoms with Gasteiger partial charge in [0.05, 0.1) is 0 Å². The van der Waals surface area contributed by atoms with Gasteiger partial charge in [-0.2, -0.15) is 11.8 Å². The predicted molar refractivity (Wildman–Crippen MR) is 84.8 cm³/mol. The molecule has 0 aromatic carbocycles. The van der Waals surface area contributed by atoms with Crippen LogP contribution in [0.15, 0.2) is 16.7 Å². The Labute approximate surface area is 131 Å². The Bertz CT molecular complexity index is 612. The van der Waals surface area contributed by atoms with Crippen LogP contribution in [-0.2, 0) is 16.4 Å². The van der Waals surface area contributed by atoms with Gasteiger partial charge in [0.1, 0.15) is 11.1 Å². The highest BCUT2D eigenvalue weighted by Crippen LogP contribution is 2.24. The Balaban J connectivity index is 2.35. The Hall–Kier alpha value is -0.470. The minimum Gasteiger partial charge on any atom is -0.343 e. The van der Waals surface area contributed by atoms with Crippen molar-refractivity contribution in [3.05, 3.63) is 22.4 Å². The normalized spacial score (nSPS) is 20.1. The molecule has 2 heterocycles. The summed E-state index contributed by atoms with van der Waals surface area (Å²) in [6.45, 7) is 3.08. The third-order valence-electron chi connectivity index (χ3n) is 3.26. The largest absolute Gasteiger partial charge is 0.343 e. The highest BCUT2D eigenvalue weighted by molar-refractivity contribution is 9.10. The van der Waals surface area contributed by atoms with Crippen LogP contribution in [0, 0.1) is 0 Å². The van der Waals surface area contributed by atoms with Crippen LogP contribution in [0.4, 0.5) is 0 Å². The lowest BCUT2D eigenvalue weighted by Crippen LogP contribution is -2.50. The smallest absolute Gasteiger partial charge is 0.271 e. The van der Waals surface area contributed by atoms with E-state index in [1.54, 1.807) is 17.8 Å². The minimum atomic E-state index is -3.28. The first-order valence-corrected chi connectivity index (χ1v) is 10.2. The average molecular weight is 381 g/mol. The molecule has 2 rings (SSSR count). The van der Waals surface area contributed by atoms with E-state index in [4.69, 9.17) is 0 Å². The third-order valence-corrected chi connectivity index (χ3v) is 6.34. The van der Waals surface area contributed by atoms with Gasteiger partial charge in [-0.05, 0) is 28.9 Å². The highest BCUT2D eigenvalue weighted by Gasteiger charge is 2.35. The molecule has 0 saturated carbocycles. The summed E-state index contributed by atoms with van der Waals surface area (Å²) < 4.78 is 26.4. The molecule has 0 aliphatic carbocycles. The fourth-order valence-electron chi connectivity index (χ4n) is 2.23. The van der Waals surface area contributed by atoms with Crippen molar-refractivity contribution < 1.29 is 13.2 Å². The molecule has 0 N–H and O–H groups in total. The molecule has 1 amide bonds. The number of aryl methyl sites for hydroxylation is 1. The minimum absolute atomic E-state index is 0.215. The van der Waals surface area contributed by atoms with Crippen molar-refractivity contribution in [2.75, 3.05) is 24.3 Å². The summed E-state index contributed by atoms with van der Waals surface area (Å²) in [4.78, 5) is 14.1. The molecule has 1 aromatic rings. The number of hydrogen-bond donors (Lipinski definition) is 0. The van der Waals surface area contributed by atoms with Gasteiger partial charge in [0.2, 0.25) is 0 Å². The topological polar surface area (TPSA) is 59.4 Å². The lowest BCUT2D eigenvalue weighted by atomic mass is 10.3. The van der Waals surface area contributed by atoms with Gasteiger partial charge in [-0.3, -0.25) is 4.79 Å². The summed E-state index contributed by atoms with van der Waals surface area (Å²) in [5.41, 5.74) is 0.528. The summed E-state index contributed by atoms with van der Waals surface area (Å²) in [5.74, 6) is 0.998. The van der Waals surface area contributed by atoms with Crippen LogP contribution in [0.5, 0.6) is 0 Å². The van der Waals surface area contributed by atoms with E-state index in [1.807, 2.05) is 17.7 Å². The maximum absolute atomic E-state index is 12.7. The number of rotatable bonds is 3. The summed E-state index contributed by atoms with van der Waals surface area (Å²) in [7, 11) is -3.28. The lowest BCUT2D eigenvalue weighted by molar-refractivity contribution is 0.0739. The van der Waals surface area contributed by atoms with Crippen molar-refractivity contribution in [3.63, 3.8) is 0 Å². The molecule has 1 aliphatic rings. The summed E-state index contributed by atoms with van der Waals surface area (Å²) in [6.07, 6.45) is 3.03. The van der Waals surface area contributed by atoms with Crippen LogP contribution in [0.3, 0.4) is 0 Å². The molecule has 1 aliphatic heterocycles. The van der Waals surface area contributed by atoms with Gasteiger partial charge in [0.25, 0.3) is 5.91 Å². The lowest BCUT2D eigenvalue weighted by Gasteiger charge is -2.34. The molecule has 5 nitrogen and oxygen atoms in total. The molecule has 0 spiro atoms. The quantitative estimate of drug-likeness (QED) is 0.802. The van der Waals surface area contributed by atoms with E-state index in [0.717, 1.165) is 10.2 Å². The first-order valence-electron chi connectivity index (χ1n) is 6.28. The molecule has 1 saturated heterocycles. The van der Waals surface area contributed by atoms with Crippen LogP contribution < -0.4 is 0 Å². The molecule has 1 aromatic heterocycles. The standard InChI is InChI=1S/C12H17BrN2O3S2/c1-3-14-7-9(13)6-10(14)12(16)15-4-5-19-8-11(15)20(2,17)18/h6-7,11H,3-5,8H2,1-2H3. The van der Waals surface area contributed by atoms with Crippen LogP contribution in [-0.4, -0.2) is 53.5 Å². The van der Waals surface area contributed by atoms with Crippen LogP contribution >= 0.6 is 27.7 Å². The molecule has 0 bridgehead atoms. The predicted octanol–water partition coefficient (Wildman–Crippen LogP) is 1.83. The molecule has 20 heavy (non-hydrogen) atoms. The van der Waals surface area contributed by atoms with Crippen molar-refractivity contribution in [1.82, 2.24) is 9.47 Å². The average Bonchev–Trinajstić information content (AvgIpc) is 2.78. The zero-order valence-electron chi connectivity index (χ0n) is 11.4. The Morgan fingerprint density at radius 3 is 2.85 bits per heavy atom. The first kappa shape index (κ1) is 15.9. The summed E-state index contributed by atoms with van der Waals surface area (Å²) in [6, 6.07) is 1.74. The van der Waals surface area contributed by atoms with E-state index in [1.165, 1.54) is 11.2 Å². The van der Waals surface area contributed by atoms with Crippen LogP contribution in [0.2, 0.25) is 0 Å². The molecule has 1 unspecified atom stereocenters. The van der Waals surface area contributed by atoms with E-state index < -0.39 is 15.2 Å². The van der Waals surface area contributed by atoms with Gasteiger partial charge in [-0.1, -0.05) is 0 Å². The summed E-state index contributed by atoms with van der Waals surface area (Å²) >= 11 is 4.93. The zero-order chi connectivity index (χ0) is 14.9. The number of nitrogens with zero attached hydrogens (tertiary/aromatic N) is 2. The van der Waals surface area contributed by atoms with Crippen LogP contribution in [0.25, 0.3) is 0 Å². The Kier molecular flexibility index (Phi) is 4.86. The summed E-state index contributed by atoms with van der Waals surface area (Å²) in [5, 5.41) is -0.729. The molecule has 8 heteroatoms. The van der Waals surface area contributed by atoms with E-state index >= 15 is 0 Å². The Morgan fingerprint density at radius 2 is 2.25 bits per heavy atom. The van der Waals surface area contributed by atoms with E-state index in [0.29, 0.717) is 24.5 Å². The maximum Gasteiger partial charge on any atom is 0.271 e. The number of carbonyl (C=O) groups excluding carboxylic acids is 1. The van der Waals surface area contributed by atoms with E-state index in [9.17, 15) is 13.2 Å². The molecular weight excluding hydrogens is 364 g/mol. The van der Waals surface area contributed by atoms with Crippen LogP contribution in [0.1, 0.15) is 17.4 Å². The number of sulfone groups is 1. The number of thioether (sulfide) groups is 1. The van der Waals surface area contributed by atoms with E-state index in [2.05, 4.69) is 15.9 Å². The van der Waals surface area contributed by atoms with Crippen molar-refractivity contribution in [2.24, 2.45) is 0 Å². The number of aromatic nitrogens is 1. The maximum atomic E-state index is 12.7. The molecule has 0 radical (unpaired) electrons. The van der Waals surface area contributed by atoms with Gasteiger partial charge in [0.15, 0.2) is 9.84 Å². The van der Waals surface area contributed by atoms with Gasteiger partial charge in [0, 0.05) is 41.5 Å². The van der Waals surface area contributed by atoms with Gasteiger partial charge >= 0.3 is 0 Å². The van der Waals surface area contributed by atoms with E-state index in [-0.39, 0.29) is 5.91 Å². The second-order valence-electron chi connectivity index (χ2n) is 4.69. The number of halogens is 1. The molecule has 112 valence electrons. The first-order chi connectivity index (χ1) is 9.34. The van der Waals surface area contributed by atoms with Gasteiger partial charge in [-0.25, -0.2) is 8.42 Å². The second-order valence-corrected chi connectivity index (χ2v) is 8.96. The number of carbonyl (C=O) groups is 1. The monoisotopic (exact) mass is 380 g/mol. The highest BCUT2D eigenvalue weighted by atomic mass is 79.9.